The van der Waals surface area contributed by atoms with Crippen molar-refractivity contribution in [2.45, 2.75) is 32.7 Å². The van der Waals surface area contributed by atoms with E-state index < -0.39 is 0 Å². The van der Waals surface area contributed by atoms with E-state index in [-0.39, 0.29) is 0 Å². The van der Waals surface area contributed by atoms with E-state index in [9.17, 15) is 0 Å². The smallest absolute Gasteiger partial charge is 0.0459 e. The molecule has 2 N–H and O–H groups in total. The predicted molar refractivity (Wildman–Crippen MR) is 85.1 cm³/mol. The van der Waals surface area contributed by atoms with Crippen LogP contribution >= 0.6 is 0 Å². The van der Waals surface area contributed by atoms with Gasteiger partial charge >= 0.3 is 0 Å². The van der Waals surface area contributed by atoms with Crippen LogP contribution in [0.3, 0.4) is 0 Å². The van der Waals surface area contributed by atoms with Crippen LogP contribution in [0.2, 0.25) is 0 Å². The molecule has 1 aliphatic heterocycles. The summed E-state index contributed by atoms with van der Waals surface area (Å²) in [6.45, 7) is 9.14. The first kappa shape index (κ1) is 13.7. The molecule has 108 valence electrons. The summed E-state index contributed by atoms with van der Waals surface area (Å²) in [6, 6.07) is 9.23. The van der Waals surface area contributed by atoms with E-state index in [0.717, 1.165) is 19.6 Å². The second kappa shape index (κ2) is 5.98. The quantitative estimate of drug-likeness (QED) is 0.898. The largest absolute Gasteiger partial charge is 0.358 e. The second-order valence-corrected chi connectivity index (χ2v) is 5.77. The average Bonchev–Trinajstić information content (AvgIpc) is 2.66. The summed E-state index contributed by atoms with van der Waals surface area (Å²) in [7, 11) is 0. The van der Waals surface area contributed by atoms with E-state index in [0.29, 0.717) is 6.04 Å². The maximum absolute atomic E-state index is 3.55. The van der Waals surface area contributed by atoms with E-state index in [2.05, 4.69) is 53.3 Å². The van der Waals surface area contributed by atoms with Crippen molar-refractivity contribution in [3.63, 3.8) is 0 Å². The molecule has 1 aromatic heterocycles. The van der Waals surface area contributed by atoms with Gasteiger partial charge in [0.05, 0.1) is 0 Å². The van der Waals surface area contributed by atoms with Gasteiger partial charge in [-0.2, -0.15) is 0 Å². The van der Waals surface area contributed by atoms with E-state index in [4.69, 9.17) is 0 Å². The number of aryl methyl sites for hydroxylation is 1. The molecule has 2 aromatic rings. The summed E-state index contributed by atoms with van der Waals surface area (Å²) in [5.74, 6) is 0. The number of aromatic nitrogens is 1. The molecular formula is C17H25N3. The second-order valence-electron chi connectivity index (χ2n) is 5.77. The third kappa shape index (κ3) is 2.48. The zero-order valence-electron chi connectivity index (χ0n) is 12.6. The lowest BCUT2D eigenvalue weighted by atomic mass is 9.99. The molecule has 1 saturated heterocycles. The Morgan fingerprint density at radius 2 is 2.05 bits per heavy atom. The number of para-hydroxylation sites is 1. The molecule has 3 heteroatoms. The summed E-state index contributed by atoms with van der Waals surface area (Å²) in [6.07, 6.45) is 2.42. The van der Waals surface area contributed by atoms with E-state index in [1.807, 2.05) is 0 Å². The summed E-state index contributed by atoms with van der Waals surface area (Å²) in [5, 5.41) is 4.90. The number of aromatic amines is 1. The van der Waals surface area contributed by atoms with Crippen LogP contribution in [0.4, 0.5) is 0 Å². The van der Waals surface area contributed by atoms with Crippen molar-refractivity contribution in [3.8, 4) is 0 Å². The molecule has 0 aliphatic carbocycles. The Morgan fingerprint density at radius 3 is 2.90 bits per heavy atom. The van der Waals surface area contributed by atoms with Gasteiger partial charge in [0.1, 0.15) is 0 Å². The lowest BCUT2D eigenvalue weighted by molar-refractivity contribution is 0.206. The fourth-order valence-corrected chi connectivity index (χ4v) is 3.55. The number of nitrogens with zero attached hydrogens (tertiary/aromatic N) is 1. The Bertz CT molecular complexity index is 565. The van der Waals surface area contributed by atoms with Crippen molar-refractivity contribution >= 4 is 10.9 Å². The lowest BCUT2D eigenvalue weighted by Crippen LogP contribution is -2.32. The Hall–Kier alpha value is -1.32. The summed E-state index contributed by atoms with van der Waals surface area (Å²) in [5.41, 5.74) is 4.10. The van der Waals surface area contributed by atoms with Crippen LogP contribution in [0.15, 0.2) is 24.3 Å². The topological polar surface area (TPSA) is 31.1 Å². The summed E-state index contributed by atoms with van der Waals surface area (Å²) < 4.78 is 0. The third-order valence-electron chi connectivity index (χ3n) is 4.48. The van der Waals surface area contributed by atoms with Gasteiger partial charge in [-0.05, 0) is 37.9 Å². The van der Waals surface area contributed by atoms with Gasteiger partial charge in [-0.1, -0.05) is 25.1 Å². The monoisotopic (exact) mass is 271 g/mol. The molecule has 1 aromatic carbocycles. The molecule has 20 heavy (non-hydrogen) atoms. The van der Waals surface area contributed by atoms with Gasteiger partial charge in [0.25, 0.3) is 0 Å². The van der Waals surface area contributed by atoms with Crippen molar-refractivity contribution < 1.29 is 0 Å². The average molecular weight is 271 g/mol. The molecule has 3 rings (SSSR count). The van der Waals surface area contributed by atoms with Crippen LogP contribution in [0.5, 0.6) is 0 Å². The van der Waals surface area contributed by atoms with E-state index >= 15 is 0 Å². The van der Waals surface area contributed by atoms with Gasteiger partial charge in [0, 0.05) is 42.3 Å². The van der Waals surface area contributed by atoms with E-state index in [1.165, 1.54) is 41.5 Å². The van der Waals surface area contributed by atoms with Gasteiger partial charge in [0.15, 0.2) is 0 Å². The van der Waals surface area contributed by atoms with Crippen molar-refractivity contribution in [2.75, 3.05) is 26.2 Å². The number of hydrogen-bond acceptors (Lipinski definition) is 2. The highest BCUT2D eigenvalue weighted by atomic mass is 15.2. The molecule has 0 amide bonds. The fourth-order valence-electron chi connectivity index (χ4n) is 3.55. The first-order chi connectivity index (χ1) is 9.81. The molecule has 0 bridgehead atoms. The van der Waals surface area contributed by atoms with Crippen molar-refractivity contribution in [2.24, 2.45) is 0 Å². The van der Waals surface area contributed by atoms with Gasteiger partial charge in [-0.25, -0.2) is 0 Å². The minimum atomic E-state index is 0.533. The molecule has 3 nitrogen and oxygen atoms in total. The lowest BCUT2D eigenvalue weighted by Gasteiger charge is -2.30. The van der Waals surface area contributed by atoms with Crippen LogP contribution in [-0.4, -0.2) is 36.1 Å². The normalized spacial score (nSPS) is 19.1. The summed E-state index contributed by atoms with van der Waals surface area (Å²) >= 11 is 0. The number of H-pyrrole nitrogens is 1. The molecule has 0 spiro atoms. The van der Waals surface area contributed by atoms with Gasteiger partial charge in [-0.3, -0.25) is 4.90 Å². The Kier molecular flexibility index (Phi) is 4.08. The molecule has 1 unspecified atom stereocenters. The number of rotatable bonds is 3. The molecule has 1 fully saturated rings. The third-order valence-corrected chi connectivity index (χ3v) is 4.48. The highest BCUT2D eigenvalue weighted by molar-refractivity contribution is 5.85. The standard InChI is InChI=1S/C17H25N3/c1-3-16(20-11-6-9-18-10-12-20)17-13(2)19-15-8-5-4-7-14(15)17/h4-5,7-8,16,18-19H,3,6,9-12H2,1-2H3. The van der Waals surface area contributed by atoms with Crippen LogP contribution in [-0.2, 0) is 0 Å². The van der Waals surface area contributed by atoms with Crippen molar-refractivity contribution in [3.05, 3.63) is 35.5 Å². The molecule has 2 heterocycles. The minimum Gasteiger partial charge on any atom is -0.358 e. The summed E-state index contributed by atoms with van der Waals surface area (Å²) in [4.78, 5) is 6.21. The van der Waals surface area contributed by atoms with Crippen LogP contribution in [0.25, 0.3) is 10.9 Å². The number of hydrogen-bond donors (Lipinski definition) is 2. The number of fused-ring (bicyclic) bond motifs is 1. The fraction of sp³-hybridized carbons (Fsp3) is 0.529. The van der Waals surface area contributed by atoms with Crippen LogP contribution < -0.4 is 5.32 Å². The van der Waals surface area contributed by atoms with E-state index in [1.54, 1.807) is 0 Å². The highest BCUT2D eigenvalue weighted by Gasteiger charge is 2.24. The number of benzene rings is 1. The number of nitrogens with one attached hydrogen (secondary N) is 2. The Labute approximate surface area is 121 Å². The van der Waals surface area contributed by atoms with Crippen LogP contribution in [0, 0.1) is 6.92 Å². The van der Waals surface area contributed by atoms with Crippen molar-refractivity contribution in [1.82, 2.24) is 15.2 Å². The molecule has 1 aliphatic rings. The zero-order valence-corrected chi connectivity index (χ0v) is 12.6. The minimum absolute atomic E-state index is 0.533. The Balaban J connectivity index is 1.99. The highest BCUT2D eigenvalue weighted by Crippen LogP contribution is 2.33. The van der Waals surface area contributed by atoms with Gasteiger partial charge in [-0.15, -0.1) is 0 Å². The SMILES string of the molecule is CCC(c1c(C)[nH]c2ccccc12)N1CCCNCC1. The van der Waals surface area contributed by atoms with Crippen LogP contribution in [0.1, 0.15) is 37.1 Å². The van der Waals surface area contributed by atoms with Crippen molar-refractivity contribution in [1.29, 1.82) is 0 Å². The molecular weight excluding hydrogens is 246 g/mol. The molecule has 1 atom stereocenters. The molecule has 0 radical (unpaired) electrons. The molecule has 0 saturated carbocycles. The Morgan fingerprint density at radius 1 is 1.20 bits per heavy atom. The predicted octanol–water partition coefficient (Wildman–Crippen LogP) is 3.22. The zero-order chi connectivity index (χ0) is 13.9. The van der Waals surface area contributed by atoms with Gasteiger partial charge < -0.3 is 10.3 Å². The maximum Gasteiger partial charge on any atom is 0.0459 e. The maximum atomic E-state index is 3.55. The first-order valence-corrected chi connectivity index (χ1v) is 7.83. The first-order valence-electron chi connectivity index (χ1n) is 7.83. The van der Waals surface area contributed by atoms with Gasteiger partial charge in [0.2, 0.25) is 0 Å².